The predicted molar refractivity (Wildman–Crippen MR) is 267 cm³/mol. The molecule has 2 aromatic carbocycles. The van der Waals surface area contributed by atoms with Gasteiger partial charge in [0.1, 0.15) is 41.9 Å². The molecule has 3 aromatic heterocycles. The average Bonchev–Trinajstić information content (AvgIpc) is 4.05. The van der Waals surface area contributed by atoms with Gasteiger partial charge >= 0.3 is 12.2 Å². The zero-order chi connectivity index (χ0) is 48.7. The van der Waals surface area contributed by atoms with Crippen LogP contribution in [0.1, 0.15) is 84.9 Å². The van der Waals surface area contributed by atoms with Crippen molar-refractivity contribution in [1.82, 2.24) is 38.9 Å². The molecule has 0 unspecified atom stereocenters. The van der Waals surface area contributed by atoms with E-state index in [-0.39, 0.29) is 24.7 Å². The van der Waals surface area contributed by atoms with Crippen molar-refractivity contribution in [2.45, 2.75) is 149 Å². The van der Waals surface area contributed by atoms with Crippen molar-refractivity contribution >= 4 is 39.4 Å². The van der Waals surface area contributed by atoms with E-state index >= 15 is 0 Å². The molecule has 2 saturated heterocycles. The molecule has 0 radical (unpaired) electrons. The topological polar surface area (TPSA) is 170 Å². The number of carboxylic acid groups (broad SMARTS) is 1. The molecule has 2 fully saturated rings. The van der Waals surface area contributed by atoms with Gasteiger partial charge in [0.25, 0.3) is 0 Å². The van der Waals surface area contributed by atoms with Crippen LogP contribution >= 0.6 is 0 Å². The molecule has 0 aliphatic carbocycles. The van der Waals surface area contributed by atoms with Gasteiger partial charge in [0.2, 0.25) is 5.88 Å². The Morgan fingerprint density at radius 3 is 1.96 bits per heavy atom. The molecular formula is C50H72N8O7Si2. The second-order valence-electron chi connectivity index (χ2n) is 22.7. The summed E-state index contributed by atoms with van der Waals surface area (Å²) in [7, 11) is -2.64. The van der Waals surface area contributed by atoms with E-state index in [1.807, 2.05) is 84.8 Å². The number of aromatic hydroxyl groups is 1. The monoisotopic (exact) mass is 953 g/mol. The van der Waals surface area contributed by atoms with Crippen molar-refractivity contribution < 1.29 is 34.0 Å². The number of rotatable bonds is 15. The van der Waals surface area contributed by atoms with Gasteiger partial charge < -0.3 is 33.6 Å². The molecule has 0 saturated carbocycles. The van der Waals surface area contributed by atoms with Crippen LogP contribution in [0.25, 0.3) is 44.8 Å². The molecule has 17 heteroatoms. The maximum absolute atomic E-state index is 13.4. The Labute approximate surface area is 397 Å². The number of hydrogen-bond acceptors (Lipinski definition) is 10. The zero-order valence-electron chi connectivity index (χ0n) is 41.8. The third-order valence-corrected chi connectivity index (χ3v) is 16.2. The standard InChI is InChI=1S/C50H72N8O7Si2/c1-48(2,3)50(22-14-24-58(50)46(60)61)45-54-39(31-56(45)33-64-26-28-67(10,11)12)34-16-18-35(19-17-34)42-44(59)53-38-29-36(20-21-37(38)51-42)40-30-55(32-63-25-27-66(7,8)9)43(52-40)41-15-13-23-57(41)47(62)65-49(4,5)6/h16-21,29-31,41H,13-15,22-28,32-33H2,1-12H3,(H,53,59)(H,60,61)/t41-,50+/m0/s1. The molecule has 15 nitrogen and oxygen atoms in total. The molecule has 0 spiro atoms. The lowest BCUT2D eigenvalue weighted by molar-refractivity contribution is 0.00926. The Morgan fingerprint density at radius 1 is 0.746 bits per heavy atom. The molecule has 2 atom stereocenters. The average molecular weight is 953 g/mol. The van der Waals surface area contributed by atoms with Crippen LogP contribution in [0, 0.1) is 5.41 Å². The highest BCUT2D eigenvalue weighted by atomic mass is 28.3. The van der Waals surface area contributed by atoms with Gasteiger partial charge in [-0.3, -0.25) is 9.80 Å². The lowest BCUT2D eigenvalue weighted by Gasteiger charge is -2.46. The minimum atomic E-state index is -1.33. The van der Waals surface area contributed by atoms with Crippen LogP contribution in [-0.2, 0) is 33.2 Å². The number of benzene rings is 2. The number of nitrogens with zero attached hydrogens (tertiary/aromatic N) is 8. The second kappa shape index (κ2) is 19.1. The van der Waals surface area contributed by atoms with Crippen LogP contribution in [0.4, 0.5) is 9.59 Å². The maximum atomic E-state index is 13.4. The Morgan fingerprint density at radius 2 is 1.34 bits per heavy atom. The number of carbonyl (C=O) groups is 2. The number of ether oxygens (including phenoxy) is 3. The van der Waals surface area contributed by atoms with Gasteiger partial charge in [-0.2, -0.15) is 0 Å². The van der Waals surface area contributed by atoms with Gasteiger partial charge in [-0.15, -0.1) is 0 Å². The first kappa shape index (κ1) is 49.8. The van der Waals surface area contributed by atoms with Crippen LogP contribution in [0.2, 0.25) is 51.4 Å². The van der Waals surface area contributed by atoms with Crippen LogP contribution in [0.15, 0.2) is 54.9 Å². The maximum Gasteiger partial charge on any atom is 0.410 e. The summed E-state index contributed by atoms with van der Waals surface area (Å²) in [5, 5.41) is 21.8. The normalized spacial score (nSPS) is 18.4. The van der Waals surface area contributed by atoms with E-state index < -0.39 is 38.8 Å². The molecule has 0 bridgehead atoms. The van der Waals surface area contributed by atoms with E-state index in [9.17, 15) is 19.8 Å². The smallest absolute Gasteiger partial charge is 0.410 e. The Kier molecular flexibility index (Phi) is 14.2. The van der Waals surface area contributed by atoms with E-state index in [0.29, 0.717) is 79.0 Å². The van der Waals surface area contributed by atoms with Crippen LogP contribution in [-0.4, -0.2) is 109 Å². The fourth-order valence-corrected chi connectivity index (χ4v) is 10.7. The number of likely N-dealkylation sites (tertiary alicyclic amines) is 2. The van der Waals surface area contributed by atoms with Gasteiger partial charge in [-0.25, -0.2) is 29.5 Å². The van der Waals surface area contributed by atoms with E-state index in [4.69, 9.17) is 29.2 Å². The lowest BCUT2D eigenvalue weighted by atomic mass is 9.71. The lowest BCUT2D eigenvalue weighted by Crippen LogP contribution is -2.54. The predicted octanol–water partition coefficient (Wildman–Crippen LogP) is 11.4. The highest BCUT2D eigenvalue weighted by molar-refractivity contribution is 6.76. The SMILES string of the molecule is CC(C)(C)OC(=O)N1CCC[C@H]1c1nc(-c2ccc3nc(-c4ccc(-c5cn(COCC[Si](C)(C)C)c([C@@]6(C(C)(C)C)CCCN6C(=O)O)n5)cc4)c(O)nc3c2)cn1COCC[Si](C)(C)C. The molecule has 2 aliphatic rings. The third kappa shape index (κ3) is 11.3. The fraction of sp³-hybridized carbons (Fsp3) is 0.560. The quantitative estimate of drug-likeness (QED) is 0.0756. The van der Waals surface area contributed by atoms with Crippen molar-refractivity contribution in [3.05, 3.63) is 66.5 Å². The molecule has 362 valence electrons. The van der Waals surface area contributed by atoms with E-state index in [0.717, 1.165) is 48.3 Å². The highest BCUT2D eigenvalue weighted by Gasteiger charge is 2.56. The molecule has 2 amide bonds. The van der Waals surface area contributed by atoms with Crippen molar-refractivity contribution in [3.8, 4) is 39.7 Å². The largest absolute Gasteiger partial charge is 0.492 e. The first-order valence-electron chi connectivity index (χ1n) is 23.8. The summed E-state index contributed by atoms with van der Waals surface area (Å²) < 4.78 is 22.3. The Hall–Kier alpha value is -5.11. The minimum Gasteiger partial charge on any atom is -0.492 e. The van der Waals surface area contributed by atoms with Gasteiger partial charge in [-0.1, -0.05) is 90.4 Å². The number of imidazole rings is 2. The van der Waals surface area contributed by atoms with Crippen molar-refractivity contribution in [3.63, 3.8) is 0 Å². The minimum absolute atomic E-state index is 0.206. The second-order valence-corrected chi connectivity index (χ2v) is 34.0. The van der Waals surface area contributed by atoms with Crippen LogP contribution in [0.3, 0.4) is 0 Å². The highest BCUT2D eigenvalue weighted by Crippen LogP contribution is 2.51. The zero-order valence-corrected chi connectivity index (χ0v) is 43.8. The molecule has 2 N–H and O–H groups in total. The summed E-state index contributed by atoms with van der Waals surface area (Å²) in [6, 6.07) is 15.2. The van der Waals surface area contributed by atoms with E-state index in [1.165, 1.54) is 0 Å². The van der Waals surface area contributed by atoms with Crippen molar-refractivity contribution in [2.75, 3.05) is 26.3 Å². The summed E-state index contributed by atoms with van der Waals surface area (Å²) in [4.78, 5) is 49.3. The first-order valence-corrected chi connectivity index (χ1v) is 31.2. The van der Waals surface area contributed by atoms with Gasteiger partial charge in [0.15, 0.2) is 0 Å². The Bertz CT molecular complexity index is 2570. The summed E-state index contributed by atoms with van der Waals surface area (Å²) in [6.45, 7) is 28.7. The fourth-order valence-electron chi connectivity index (χ4n) is 9.20. The molecule has 67 heavy (non-hydrogen) atoms. The van der Waals surface area contributed by atoms with Crippen molar-refractivity contribution in [2.24, 2.45) is 5.41 Å². The number of hydrogen-bond donors (Lipinski definition) is 2. The molecule has 5 aromatic rings. The third-order valence-electron chi connectivity index (χ3n) is 12.8. The molecular weight excluding hydrogens is 881 g/mol. The summed E-state index contributed by atoms with van der Waals surface area (Å²) >= 11 is 0. The summed E-state index contributed by atoms with van der Waals surface area (Å²) in [5.41, 5.74) is 3.23. The molecule has 7 rings (SSSR count). The van der Waals surface area contributed by atoms with Crippen molar-refractivity contribution in [1.29, 1.82) is 0 Å². The van der Waals surface area contributed by atoms with Gasteiger partial charge in [0, 0.05) is 71.5 Å². The number of fused-ring (bicyclic) bond motifs is 1. The number of aromatic nitrogens is 6. The van der Waals surface area contributed by atoms with Crippen LogP contribution < -0.4 is 0 Å². The van der Waals surface area contributed by atoms with Gasteiger partial charge in [0.05, 0.1) is 28.5 Å². The Balaban J connectivity index is 1.17. The van der Waals surface area contributed by atoms with E-state index in [2.05, 4.69) is 65.0 Å². The summed E-state index contributed by atoms with van der Waals surface area (Å²) in [5.74, 6) is 1.21. The summed E-state index contributed by atoms with van der Waals surface area (Å²) in [6.07, 6.45) is 5.61. The number of carbonyl (C=O) groups excluding carboxylic acids is 1. The molecule has 2 aliphatic heterocycles. The molecule has 5 heterocycles. The van der Waals surface area contributed by atoms with Gasteiger partial charge in [-0.05, 0) is 76.1 Å². The van der Waals surface area contributed by atoms with E-state index in [1.54, 1.807) is 9.80 Å². The number of amides is 2. The van der Waals surface area contributed by atoms with Crippen LogP contribution in [0.5, 0.6) is 5.88 Å². The first-order chi connectivity index (χ1) is 31.3.